The van der Waals surface area contributed by atoms with E-state index in [1.165, 1.54) is 5.57 Å². The topological polar surface area (TPSA) is 82.6 Å². The highest BCUT2D eigenvalue weighted by Gasteiger charge is 2.25. The van der Waals surface area contributed by atoms with Crippen LogP contribution in [0, 0.1) is 0 Å². The molecule has 5 heterocycles. The Hall–Kier alpha value is -3.58. The zero-order valence-corrected chi connectivity index (χ0v) is 20.8. The highest BCUT2D eigenvalue weighted by Crippen LogP contribution is 2.37. The summed E-state index contributed by atoms with van der Waals surface area (Å²) in [6, 6.07) is 4.64. The van der Waals surface area contributed by atoms with Crippen LogP contribution in [0.15, 0.2) is 49.0 Å². The number of rotatable bonds is 4. The van der Waals surface area contributed by atoms with Crippen LogP contribution in [0.3, 0.4) is 0 Å². The molecule has 35 heavy (non-hydrogen) atoms. The summed E-state index contributed by atoms with van der Waals surface area (Å²) in [7, 11) is 2.17. The Bertz CT molecular complexity index is 1480. The van der Waals surface area contributed by atoms with Crippen LogP contribution in [0.2, 0.25) is 0 Å². The maximum absolute atomic E-state index is 5.24. The average Bonchev–Trinajstić information content (AvgIpc) is 3.28. The molecule has 1 aliphatic heterocycles. The average molecular weight is 466 g/mol. The van der Waals surface area contributed by atoms with Gasteiger partial charge in [0.2, 0.25) is 0 Å². The fraction of sp³-hybridized carbons (Fsp3) is 0.357. The van der Waals surface area contributed by atoms with Crippen LogP contribution in [-0.4, -0.2) is 51.1 Å². The molecule has 1 saturated heterocycles. The van der Waals surface area contributed by atoms with Gasteiger partial charge in [-0.05, 0) is 43.6 Å². The zero-order chi connectivity index (χ0) is 24.2. The van der Waals surface area contributed by atoms with Crippen LogP contribution in [0.25, 0.3) is 38.9 Å². The number of aromatic nitrogens is 5. The minimum absolute atomic E-state index is 0.00849. The van der Waals surface area contributed by atoms with E-state index < -0.39 is 0 Å². The second-order valence-electron chi connectivity index (χ2n) is 10.6. The maximum Gasteiger partial charge on any atom is 0.163 e. The number of pyridine rings is 2. The zero-order valence-electron chi connectivity index (χ0n) is 20.8. The van der Waals surface area contributed by atoms with Crippen LogP contribution in [0.4, 0.5) is 5.82 Å². The largest absolute Gasteiger partial charge is 0.356 e. The number of hydrogen-bond donors (Lipinski definition) is 2. The molecule has 0 amide bonds. The smallest absolute Gasteiger partial charge is 0.163 e. The lowest BCUT2D eigenvalue weighted by molar-refractivity contribution is 0.442. The monoisotopic (exact) mass is 465 g/mol. The minimum atomic E-state index is -0.00849. The van der Waals surface area contributed by atoms with Crippen molar-refractivity contribution in [3.05, 3.63) is 60.2 Å². The van der Waals surface area contributed by atoms with Gasteiger partial charge in [0.05, 0.1) is 17.1 Å². The van der Waals surface area contributed by atoms with E-state index in [2.05, 4.69) is 77.3 Å². The third kappa shape index (κ3) is 3.80. The van der Waals surface area contributed by atoms with Gasteiger partial charge in [-0.1, -0.05) is 39.0 Å². The Labute approximate surface area is 205 Å². The summed E-state index contributed by atoms with van der Waals surface area (Å²) in [4.78, 5) is 25.3. The standard InChI is InChI=1S/C28H31N7/c1-28(2,3)23-14-20-19(10-13-31-25(20)33-23)26-32-22-16-30-15-21(17-6-5-7-17)24(22)27(34-26)35(4)18-8-11-29-12-9-18/h5-7,10,13-16,18,29H,8-9,11-12H2,1-4H3,(H,31,33). The molecule has 0 unspecified atom stereocenters. The molecule has 1 fully saturated rings. The van der Waals surface area contributed by atoms with Crippen molar-refractivity contribution in [2.75, 3.05) is 25.0 Å². The highest BCUT2D eigenvalue weighted by molar-refractivity contribution is 6.03. The number of anilines is 1. The fourth-order valence-electron chi connectivity index (χ4n) is 5.02. The number of allylic oxidation sites excluding steroid dienone is 4. The van der Waals surface area contributed by atoms with E-state index in [1.807, 2.05) is 24.7 Å². The summed E-state index contributed by atoms with van der Waals surface area (Å²) in [5, 5.41) is 5.59. The van der Waals surface area contributed by atoms with Gasteiger partial charge >= 0.3 is 0 Å². The summed E-state index contributed by atoms with van der Waals surface area (Å²) >= 11 is 0. The summed E-state index contributed by atoms with van der Waals surface area (Å²) in [5.41, 5.74) is 6.10. The van der Waals surface area contributed by atoms with E-state index in [0.29, 0.717) is 11.9 Å². The van der Waals surface area contributed by atoms with Crippen LogP contribution in [0.1, 0.15) is 44.9 Å². The Morgan fingerprint density at radius 1 is 1.06 bits per heavy atom. The SMILES string of the molecule is CN(c1nc(-c2ccnc3[nH]c(C(C)(C)C)cc23)nc2cncc(C3=CC=C3)c12)C1CCNCC1. The molecular formula is C28H31N7. The number of nitrogens with one attached hydrogen (secondary N) is 2. The van der Waals surface area contributed by atoms with Crippen molar-refractivity contribution in [1.29, 1.82) is 0 Å². The number of hydrogen-bond acceptors (Lipinski definition) is 6. The molecule has 0 aromatic carbocycles. The normalized spacial score (nSPS) is 16.5. The summed E-state index contributed by atoms with van der Waals surface area (Å²) < 4.78 is 0. The molecule has 0 atom stereocenters. The molecule has 7 nitrogen and oxygen atoms in total. The van der Waals surface area contributed by atoms with Crippen LogP contribution in [0.5, 0.6) is 0 Å². The van der Waals surface area contributed by atoms with Gasteiger partial charge < -0.3 is 15.2 Å². The Morgan fingerprint density at radius 2 is 1.86 bits per heavy atom. The Balaban J connectivity index is 1.58. The van der Waals surface area contributed by atoms with Gasteiger partial charge in [-0.15, -0.1) is 0 Å². The Kier molecular flexibility index (Phi) is 5.18. The van der Waals surface area contributed by atoms with Crippen molar-refractivity contribution in [1.82, 2.24) is 30.2 Å². The summed E-state index contributed by atoms with van der Waals surface area (Å²) in [6.45, 7) is 8.65. The lowest BCUT2D eigenvalue weighted by Gasteiger charge is -2.33. The third-order valence-corrected chi connectivity index (χ3v) is 7.22. The number of nitrogens with zero attached hydrogens (tertiary/aromatic N) is 5. The van der Waals surface area contributed by atoms with Crippen LogP contribution in [-0.2, 0) is 5.41 Å². The van der Waals surface area contributed by atoms with E-state index in [9.17, 15) is 0 Å². The number of piperidine rings is 1. The summed E-state index contributed by atoms with van der Waals surface area (Å²) in [6.07, 6.45) is 14.1. The van der Waals surface area contributed by atoms with Crippen molar-refractivity contribution >= 4 is 33.3 Å². The van der Waals surface area contributed by atoms with E-state index in [-0.39, 0.29) is 5.41 Å². The minimum Gasteiger partial charge on any atom is -0.356 e. The highest BCUT2D eigenvalue weighted by atomic mass is 15.2. The number of fused-ring (bicyclic) bond motifs is 2. The number of aromatic amines is 1. The van der Waals surface area contributed by atoms with Gasteiger partial charge in [-0.3, -0.25) is 4.98 Å². The maximum atomic E-state index is 5.24. The molecule has 0 spiro atoms. The molecule has 4 aromatic rings. The molecule has 6 rings (SSSR count). The van der Waals surface area contributed by atoms with Gasteiger partial charge in [-0.25, -0.2) is 15.0 Å². The van der Waals surface area contributed by atoms with Gasteiger partial charge in [0.25, 0.3) is 0 Å². The first-order valence-electron chi connectivity index (χ1n) is 12.4. The molecule has 0 bridgehead atoms. The Morgan fingerprint density at radius 3 is 2.57 bits per heavy atom. The van der Waals surface area contributed by atoms with Crippen molar-refractivity contribution in [3.63, 3.8) is 0 Å². The molecule has 4 aromatic heterocycles. The van der Waals surface area contributed by atoms with Crippen LogP contribution < -0.4 is 10.2 Å². The third-order valence-electron chi connectivity index (χ3n) is 7.22. The first-order valence-corrected chi connectivity index (χ1v) is 12.4. The number of H-pyrrole nitrogens is 1. The van der Waals surface area contributed by atoms with Crippen molar-refractivity contribution in [3.8, 4) is 11.4 Å². The lowest BCUT2D eigenvalue weighted by Crippen LogP contribution is -2.41. The molecule has 178 valence electrons. The van der Waals surface area contributed by atoms with Crippen molar-refractivity contribution in [2.24, 2.45) is 0 Å². The molecule has 1 aliphatic carbocycles. The van der Waals surface area contributed by atoms with Gasteiger partial charge in [0.15, 0.2) is 5.82 Å². The van der Waals surface area contributed by atoms with E-state index >= 15 is 0 Å². The molecule has 0 saturated carbocycles. The molecular weight excluding hydrogens is 434 g/mol. The van der Waals surface area contributed by atoms with Crippen LogP contribution >= 0.6 is 0 Å². The predicted octanol–water partition coefficient (Wildman–Crippen LogP) is 5.01. The predicted molar refractivity (Wildman–Crippen MR) is 143 cm³/mol. The fourth-order valence-corrected chi connectivity index (χ4v) is 5.02. The van der Waals surface area contributed by atoms with Gasteiger partial charge in [-0.2, -0.15) is 0 Å². The second kappa shape index (κ2) is 8.27. The lowest BCUT2D eigenvalue weighted by atomic mass is 9.92. The van der Waals surface area contributed by atoms with Gasteiger partial charge in [0.1, 0.15) is 11.5 Å². The molecule has 2 N–H and O–H groups in total. The molecule has 2 aliphatic rings. The summed E-state index contributed by atoms with van der Waals surface area (Å²) in [5.74, 6) is 1.67. The molecule has 7 heteroatoms. The van der Waals surface area contributed by atoms with Crippen molar-refractivity contribution < 1.29 is 0 Å². The van der Waals surface area contributed by atoms with E-state index in [0.717, 1.165) is 70.5 Å². The first kappa shape index (κ1) is 21.9. The van der Waals surface area contributed by atoms with E-state index in [4.69, 9.17) is 9.97 Å². The first-order chi connectivity index (χ1) is 16.9. The quantitative estimate of drug-likeness (QED) is 0.441. The van der Waals surface area contributed by atoms with E-state index in [1.54, 1.807) is 0 Å². The second-order valence-corrected chi connectivity index (χ2v) is 10.6. The molecule has 0 radical (unpaired) electrons. The van der Waals surface area contributed by atoms with Gasteiger partial charge in [0, 0.05) is 53.1 Å². The van der Waals surface area contributed by atoms with Crippen molar-refractivity contribution in [2.45, 2.75) is 45.1 Å².